The molecule has 0 aliphatic carbocycles. The van der Waals surface area contributed by atoms with E-state index in [4.69, 9.17) is 0 Å². The van der Waals surface area contributed by atoms with Crippen molar-refractivity contribution in [2.75, 3.05) is 11.9 Å². The van der Waals surface area contributed by atoms with E-state index in [-0.39, 0.29) is 12.1 Å². The fourth-order valence-electron chi connectivity index (χ4n) is 3.10. The Hall–Kier alpha value is -2.83. The van der Waals surface area contributed by atoms with Gasteiger partial charge < -0.3 is 9.88 Å². The highest BCUT2D eigenvalue weighted by Crippen LogP contribution is 2.29. The summed E-state index contributed by atoms with van der Waals surface area (Å²) in [6.45, 7) is 0.727. The number of pyridine rings is 1. The predicted molar refractivity (Wildman–Crippen MR) is 86.1 cm³/mol. The number of carbonyl (C=O) groups excluding carboxylic acids is 1. The molecule has 3 aromatic rings. The van der Waals surface area contributed by atoms with Crippen LogP contribution >= 0.6 is 0 Å². The summed E-state index contributed by atoms with van der Waals surface area (Å²) >= 11 is 0. The van der Waals surface area contributed by atoms with Crippen molar-refractivity contribution in [3.63, 3.8) is 0 Å². The first kappa shape index (κ1) is 13.8. The second kappa shape index (κ2) is 5.75. The van der Waals surface area contributed by atoms with Crippen LogP contribution in [0.5, 0.6) is 0 Å². The van der Waals surface area contributed by atoms with Gasteiger partial charge in [0.25, 0.3) is 0 Å². The minimum absolute atomic E-state index is 0.00391. The smallest absolute Gasteiger partial charge is 0.323 e. The molecular formula is C16H18N6O. The molecule has 1 fully saturated rings. The Bertz CT molecular complexity index is 776. The first-order valence-electron chi connectivity index (χ1n) is 7.82. The minimum Gasteiger partial charge on any atom is -0.347 e. The van der Waals surface area contributed by atoms with Crippen LogP contribution in [0.15, 0.2) is 42.9 Å². The molecule has 0 aromatic carbocycles. The predicted octanol–water partition coefficient (Wildman–Crippen LogP) is 2.82. The summed E-state index contributed by atoms with van der Waals surface area (Å²) < 4.78 is 1.75. The molecule has 1 saturated heterocycles. The Balaban J connectivity index is 1.54. The van der Waals surface area contributed by atoms with Gasteiger partial charge in [-0.15, -0.1) is 5.10 Å². The van der Waals surface area contributed by atoms with Gasteiger partial charge in [0.1, 0.15) is 5.82 Å². The molecular weight excluding hydrogens is 292 g/mol. The number of imidazole rings is 1. The normalized spacial score (nSPS) is 18.3. The number of nitrogens with zero attached hydrogens (tertiary/aromatic N) is 4. The van der Waals surface area contributed by atoms with E-state index in [1.165, 1.54) is 0 Å². The number of urea groups is 1. The summed E-state index contributed by atoms with van der Waals surface area (Å²) in [5.41, 5.74) is 0.948. The van der Waals surface area contributed by atoms with E-state index in [1.54, 1.807) is 16.9 Å². The van der Waals surface area contributed by atoms with Crippen molar-refractivity contribution in [2.45, 2.75) is 25.3 Å². The van der Waals surface area contributed by atoms with E-state index in [9.17, 15) is 4.79 Å². The number of H-pyrrole nitrogens is 1. The highest BCUT2D eigenvalue weighted by Gasteiger charge is 2.29. The molecule has 1 aliphatic rings. The molecule has 0 radical (unpaired) electrons. The molecule has 23 heavy (non-hydrogen) atoms. The number of likely N-dealkylation sites (tertiary alicyclic amines) is 1. The summed E-state index contributed by atoms with van der Waals surface area (Å²) in [7, 11) is 0. The molecule has 7 nitrogen and oxygen atoms in total. The third-order valence-electron chi connectivity index (χ3n) is 4.20. The van der Waals surface area contributed by atoms with Crippen LogP contribution in [-0.4, -0.2) is 37.1 Å². The van der Waals surface area contributed by atoms with Crippen LogP contribution in [0.3, 0.4) is 0 Å². The largest absolute Gasteiger partial charge is 0.347 e. The summed E-state index contributed by atoms with van der Waals surface area (Å²) in [5, 5.41) is 7.28. The zero-order valence-electron chi connectivity index (χ0n) is 12.6. The highest BCUT2D eigenvalue weighted by molar-refractivity contribution is 5.89. The van der Waals surface area contributed by atoms with Crippen LogP contribution in [0.4, 0.5) is 10.6 Å². The van der Waals surface area contributed by atoms with Crippen molar-refractivity contribution < 1.29 is 4.79 Å². The van der Waals surface area contributed by atoms with Gasteiger partial charge in [-0.25, -0.2) is 14.3 Å². The van der Waals surface area contributed by atoms with Gasteiger partial charge in [-0.1, -0.05) is 6.07 Å². The van der Waals surface area contributed by atoms with Crippen LogP contribution in [0.1, 0.15) is 31.1 Å². The fraction of sp³-hybridized carbons (Fsp3) is 0.312. The van der Waals surface area contributed by atoms with E-state index in [0.29, 0.717) is 5.82 Å². The van der Waals surface area contributed by atoms with E-state index < -0.39 is 0 Å². The number of hydrogen-bond acceptors (Lipinski definition) is 3. The number of hydrogen-bond donors (Lipinski definition) is 2. The van der Waals surface area contributed by atoms with Crippen LogP contribution in [0.25, 0.3) is 5.52 Å². The van der Waals surface area contributed by atoms with E-state index >= 15 is 0 Å². The molecule has 7 heteroatoms. The van der Waals surface area contributed by atoms with Crippen molar-refractivity contribution in [1.29, 1.82) is 0 Å². The number of rotatable bonds is 2. The summed E-state index contributed by atoms with van der Waals surface area (Å²) in [6.07, 6.45) is 8.41. The van der Waals surface area contributed by atoms with E-state index in [1.807, 2.05) is 35.4 Å². The van der Waals surface area contributed by atoms with E-state index in [2.05, 4.69) is 20.4 Å². The molecule has 4 heterocycles. The summed E-state index contributed by atoms with van der Waals surface area (Å²) in [4.78, 5) is 22.0. The Morgan fingerprint density at radius 2 is 2.30 bits per heavy atom. The van der Waals surface area contributed by atoms with Gasteiger partial charge in [-0.3, -0.25) is 5.32 Å². The van der Waals surface area contributed by atoms with Gasteiger partial charge in [0, 0.05) is 31.2 Å². The molecule has 3 aromatic heterocycles. The highest BCUT2D eigenvalue weighted by atomic mass is 16.2. The molecule has 1 atom stereocenters. The molecule has 1 unspecified atom stereocenters. The van der Waals surface area contributed by atoms with Crippen LogP contribution in [-0.2, 0) is 0 Å². The Morgan fingerprint density at radius 3 is 3.13 bits per heavy atom. The van der Waals surface area contributed by atoms with Crippen LogP contribution < -0.4 is 5.32 Å². The number of aromatic nitrogens is 4. The van der Waals surface area contributed by atoms with Crippen molar-refractivity contribution in [3.05, 3.63) is 48.7 Å². The maximum Gasteiger partial charge on any atom is 0.323 e. The lowest BCUT2D eigenvalue weighted by Crippen LogP contribution is -2.41. The summed E-state index contributed by atoms with van der Waals surface area (Å²) in [6, 6.07) is 7.53. The zero-order valence-corrected chi connectivity index (χ0v) is 12.6. The van der Waals surface area contributed by atoms with Gasteiger partial charge in [-0.05, 0) is 31.4 Å². The second-order valence-electron chi connectivity index (χ2n) is 5.71. The number of nitrogens with one attached hydrogen (secondary N) is 2. The lowest BCUT2D eigenvalue weighted by molar-refractivity contribution is 0.160. The van der Waals surface area contributed by atoms with Gasteiger partial charge >= 0.3 is 6.03 Å². The maximum absolute atomic E-state index is 12.7. The lowest BCUT2D eigenvalue weighted by atomic mass is 10.0. The Labute approximate surface area is 133 Å². The average Bonchev–Trinajstić information content (AvgIpc) is 3.24. The molecule has 4 rings (SSSR count). The number of piperidine rings is 1. The van der Waals surface area contributed by atoms with Gasteiger partial charge in [0.2, 0.25) is 0 Å². The molecule has 2 amide bonds. The van der Waals surface area contributed by atoms with E-state index in [0.717, 1.165) is 37.1 Å². The third kappa shape index (κ3) is 2.65. The number of amides is 2. The third-order valence-corrected chi connectivity index (χ3v) is 4.20. The maximum atomic E-state index is 12.7. The van der Waals surface area contributed by atoms with Crippen molar-refractivity contribution >= 4 is 17.4 Å². The van der Waals surface area contributed by atoms with Gasteiger partial charge in [0.15, 0.2) is 5.82 Å². The second-order valence-corrected chi connectivity index (χ2v) is 5.71. The minimum atomic E-state index is -0.130. The first-order chi connectivity index (χ1) is 11.3. The summed E-state index contributed by atoms with van der Waals surface area (Å²) in [5.74, 6) is 1.40. The van der Waals surface area contributed by atoms with Crippen LogP contribution in [0.2, 0.25) is 0 Å². The Kier molecular flexibility index (Phi) is 3.45. The molecule has 1 aliphatic heterocycles. The van der Waals surface area contributed by atoms with Crippen molar-refractivity contribution in [2.24, 2.45) is 0 Å². The topological polar surface area (TPSA) is 78.3 Å². The molecule has 2 N–H and O–H groups in total. The monoisotopic (exact) mass is 310 g/mol. The molecule has 0 spiro atoms. The molecule has 0 saturated carbocycles. The Morgan fingerprint density at radius 1 is 1.35 bits per heavy atom. The van der Waals surface area contributed by atoms with Gasteiger partial charge in [-0.2, -0.15) is 0 Å². The first-order valence-corrected chi connectivity index (χ1v) is 7.82. The fourth-order valence-corrected chi connectivity index (χ4v) is 3.10. The zero-order chi connectivity index (χ0) is 15.6. The van der Waals surface area contributed by atoms with Gasteiger partial charge in [0.05, 0.1) is 11.6 Å². The standard InChI is InChI=1S/C16H18N6O/c23-16(19-14-11-12-5-1-4-10-22(12)20-14)21-9-3-2-6-13(21)15-17-7-8-18-15/h1,4-5,7-8,10-11,13H,2-3,6,9H2,(H,17,18)(H,19,20,23). The van der Waals surface area contributed by atoms with Crippen molar-refractivity contribution in [1.82, 2.24) is 24.5 Å². The number of carbonyl (C=O) groups is 1. The number of anilines is 1. The van der Waals surface area contributed by atoms with Crippen LogP contribution in [0, 0.1) is 0 Å². The average molecular weight is 310 g/mol. The molecule has 118 valence electrons. The quantitative estimate of drug-likeness (QED) is 0.764. The number of fused-ring (bicyclic) bond motifs is 1. The van der Waals surface area contributed by atoms with Crippen molar-refractivity contribution in [3.8, 4) is 0 Å². The number of aromatic amines is 1. The molecule has 0 bridgehead atoms. The lowest BCUT2D eigenvalue weighted by Gasteiger charge is -2.34. The SMILES string of the molecule is O=C(Nc1cc2ccccn2n1)N1CCCCC1c1ncc[nH]1.